The maximum atomic E-state index is 11.7. The standard InChI is InChI=1S/C8H10ClNO5S2/c1-4-2-6(16-7(4)9)17(14,15)10-3-5(11)8(12)13/h2,5,10-11H,3H2,1H3,(H,12,13). The molecule has 17 heavy (non-hydrogen) atoms. The number of aliphatic hydroxyl groups is 1. The lowest BCUT2D eigenvalue weighted by molar-refractivity contribution is -0.146. The van der Waals surface area contributed by atoms with Crippen LogP contribution in [0.2, 0.25) is 4.34 Å². The van der Waals surface area contributed by atoms with Crippen LogP contribution in [0.15, 0.2) is 10.3 Å². The van der Waals surface area contributed by atoms with Crippen LogP contribution >= 0.6 is 22.9 Å². The number of halogens is 1. The number of aliphatic carboxylic acids is 1. The van der Waals surface area contributed by atoms with E-state index in [0.29, 0.717) is 9.90 Å². The first-order chi connectivity index (χ1) is 7.74. The predicted molar refractivity (Wildman–Crippen MR) is 62.9 cm³/mol. The molecule has 0 bridgehead atoms. The molecule has 1 aromatic heterocycles. The van der Waals surface area contributed by atoms with E-state index in [1.807, 2.05) is 4.72 Å². The molecular formula is C8H10ClNO5S2. The number of rotatable bonds is 5. The molecule has 1 unspecified atom stereocenters. The lowest BCUT2D eigenvalue weighted by atomic mass is 10.4. The summed E-state index contributed by atoms with van der Waals surface area (Å²) in [5.74, 6) is -1.49. The van der Waals surface area contributed by atoms with Gasteiger partial charge in [-0.05, 0) is 18.6 Å². The highest BCUT2D eigenvalue weighted by molar-refractivity contribution is 7.91. The molecule has 0 aliphatic rings. The minimum absolute atomic E-state index is 0.0161. The Kier molecular flexibility index (Phi) is 4.50. The predicted octanol–water partition coefficient (Wildman–Crippen LogP) is 0.434. The zero-order valence-electron chi connectivity index (χ0n) is 8.68. The molecule has 0 spiro atoms. The summed E-state index contributed by atoms with van der Waals surface area (Å²) in [6.45, 7) is 1.07. The van der Waals surface area contributed by atoms with Crippen LogP contribution in [-0.4, -0.2) is 37.2 Å². The molecule has 1 heterocycles. The minimum atomic E-state index is -3.83. The van der Waals surface area contributed by atoms with Gasteiger partial charge in [0.15, 0.2) is 6.10 Å². The van der Waals surface area contributed by atoms with Gasteiger partial charge in [0.1, 0.15) is 4.21 Å². The molecule has 96 valence electrons. The third-order valence-electron chi connectivity index (χ3n) is 1.85. The van der Waals surface area contributed by atoms with Gasteiger partial charge in [0, 0.05) is 6.54 Å². The lowest BCUT2D eigenvalue weighted by Crippen LogP contribution is -2.36. The first-order valence-electron chi connectivity index (χ1n) is 4.40. The van der Waals surface area contributed by atoms with Crippen molar-refractivity contribution in [3.63, 3.8) is 0 Å². The van der Waals surface area contributed by atoms with E-state index in [0.717, 1.165) is 11.3 Å². The Balaban J connectivity index is 2.79. The third-order valence-corrected chi connectivity index (χ3v) is 5.30. The van der Waals surface area contributed by atoms with E-state index in [-0.39, 0.29) is 4.21 Å². The fourth-order valence-corrected chi connectivity index (χ4v) is 3.70. The van der Waals surface area contributed by atoms with Crippen LogP contribution in [0.4, 0.5) is 0 Å². The fraction of sp³-hybridized carbons (Fsp3) is 0.375. The van der Waals surface area contributed by atoms with Crippen molar-refractivity contribution in [1.82, 2.24) is 4.72 Å². The Morgan fingerprint density at radius 1 is 1.65 bits per heavy atom. The maximum absolute atomic E-state index is 11.7. The average molecular weight is 300 g/mol. The Morgan fingerprint density at radius 2 is 2.24 bits per heavy atom. The van der Waals surface area contributed by atoms with Crippen LogP contribution in [0.1, 0.15) is 5.56 Å². The summed E-state index contributed by atoms with van der Waals surface area (Å²) in [7, 11) is -3.83. The van der Waals surface area contributed by atoms with Crippen LogP contribution in [0.5, 0.6) is 0 Å². The van der Waals surface area contributed by atoms with E-state index in [2.05, 4.69) is 0 Å². The molecule has 3 N–H and O–H groups in total. The molecule has 0 aliphatic heterocycles. The second kappa shape index (κ2) is 5.32. The third kappa shape index (κ3) is 3.65. The van der Waals surface area contributed by atoms with Crippen molar-refractivity contribution in [3.8, 4) is 0 Å². The van der Waals surface area contributed by atoms with Crippen molar-refractivity contribution >= 4 is 38.9 Å². The van der Waals surface area contributed by atoms with Gasteiger partial charge in [0.05, 0.1) is 4.34 Å². The number of thiophene rings is 1. The molecule has 0 saturated heterocycles. The highest BCUT2D eigenvalue weighted by atomic mass is 35.5. The highest BCUT2D eigenvalue weighted by Gasteiger charge is 2.21. The number of aryl methyl sites for hydroxylation is 1. The van der Waals surface area contributed by atoms with Crippen LogP contribution in [0.25, 0.3) is 0 Å². The molecule has 0 fully saturated rings. The van der Waals surface area contributed by atoms with E-state index in [1.165, 1.54) is 6.07 Å². The van der Waals surface area contributed by atoms with Crippen molar-refractivity contribution < 1.29 is 23.4 Å². The normalized spacial score (nSPS) is 13.6. The van der Waals surface area contributed by atoms with E-state index in [1.54, 1.807) is 6.92 Å². The maximum Gasteiger partial charge on any atom is 0.333 e. The van der Waals surface area contributed by atoms with Gasteiger partial charge in [-0.2, -0.15) is 0 Å². The topological polar surface area (TPSA) is 104 Å². The summed E-state index contributed by atoms with van der Waals surface area (Å²) >= 11 is 6.60. The summed E-state index contributed by atoms with van der Waals surface area (Å²) in [5, 5.41) is 17.3. The SMILES string of the molecule is Cc1cc(S(=O)(=O)NCC(O)C(=O)O)sc1Cl. The summed E-state index contributed by atoms with van der Waals surface area (Å²) in [6, 6.07) is 1.38. The molecule has 1 atom stereocenters. The summed E-state index contributed by atoms with van der Waals surface area (Å²) in [4.78, 5) is 10.3. The lowest BCUT2D eigenvalue weighted by Gasteiger charge is -2.06. The largest absolute Gasteiger partial charge is 0.479 e. The molecule has 0 aliphatic carbocycles. The van der Waals surface area contributed by atoms with Gasteiger partial charge < -0.3 is 10.2 Å². The molecule has 1 rings (SSSR count). The number of sulfonamides is 1. The Hall–Kier alpha value is -0.670. The van der Waals surface area contributed by atoms with Gasteiger partial charge in [0.2, 0.25) is 10.0 Å². The van der Waals surface area contributed by atoms with Crippen LogP contribution in [0, 0.1) is 6.92 Å². The van der Waals surface area contributed by atoms with Crippen molar-refractivity contribution in [2.75, 3.05) is 6.54 Å². The molecular weight excluding hydrogens is 290 g/mol. The number of carboxylic acid groups (broad SMARTS) is 1. The monoisotopic (exact) mass is 299 g/mol. The Morgan fingerprint density at radius 3 is 2.65 bits per heavy atom. The van der Waals surface area contributed by atoms with Crippen LogP contribution < -0.4 is 4.72 Å². The van der Waals surface area contributed by atoms with Crippen LogP contribution in [0.3, 0.4) is 0 Å². The molecule has 0 saturated carbocycles. The number of carboxylic acids is 1. The quantitative estimate of drug-likeness (QED) is 0.731. The number of hydrogen-bond acceptors (Lipinski definition) is 5. The number of aliphatic hydroxyl groups excluding tert-OH is 1. The molecule has 6 nitrogen and oxygen atoms in total. The van der Waals surface area contributed by atoms with Gasteiger partial charge in [-0.1, -0.05) is 11.6 Å². The zero-order valence-corrected chi connectivity index (χ0v) is 11.1. The first-order valence-corrected chi connectivity index (χ1v) is 7.08. The minimum Gasteiger partial charge on any atom is -0.479 e. The van der Waals surface area contributed by atoms with Crippen molar-refractivity contribution in [3.05, 3.63) is 16.0 Å². The number of nitrogens with one attached hydrogen (secondary N) is 1. The molecule has 0 amide bonds. The van der Waals surface area contributed by atoms with Crippen molar-refractivity contribution in [1.29, 1.82) is 0 Å². The second-order valence-electron chi connectivity index (χ2n) is 3.23. The van der Waals surface area contributed by atoms with E-state index >= 15 is 0 Å². The number of hydrogen-bond donors (Lipinski definition) is 3. The summed E-state index contributed by atoms with van der Waals surface area (Å²) in [5.41, 5.74) is 0.621. The van der Waals surface area contributed by atoms with Gasteiger partial charge in [0.25, 0.3) is 0 Å². The highest BCUT2D eigenvalue weighted by Crippen LogP contribution is 2.29. The van der Waals surface area contributed by atoms with Crippen molar-refractivity contribution in [2.45, 2.75) is 17.2 Å². The van der Waals surface area contributed by atoms with E-state index in [4.69, 9.17) is 21.8 Å². The summed E-state index contributed by atoms with van der Waals surface area (Å²) < 4.78 is 25.6. The van der Waals surface area contributed by atoms with Gasteiger partial charge in [-0.3, -0.25) is 0 Å². The second-order valence-corrected chi connectivity index (χ2v) is 6.88. The van der Waals surface area contributed by atoms with Gasteiger partial charge in [-0.15, -0.1) is 11.3 Å². The molecule has 9 heteroatoms. The van der Waals surface area contributed by atoms with E-state index < -0.39 is 28.6 Å². The molecule has 0 radical (unpaired) electrons. The Bertz CT molecular complexity index is 505. The first kappa shape index (κ1) is 14.4. The van der Waals surface area contributed by atoms with Crippen molar-refractivity contribution in [2.24, 2.45) is 0 Å². The van der Waals surface area contributed by atoms with E-state index in [9.17, 15) is 13.2 Å². The van der Waals surface area contributed by atoms with Gasteiger partial charge >= 0.3 is 5.97 Å². The zero-order chi connectivity index (χ0) is 13.2. The number of carbonyl (C=O) groups is 1. The average Bonchev–Trinajstić information content (AvgIpc) is 2.56. The van der Waals surface area contributed by atoms with Gasteiger partial charge in [-0.25, -0.2) is 17.9 Å². The molecule has 0 aromatic carbocycles. The smallest absolute Gasteiger partial charge is 0.333 e. The summed E-state index contributed by atoms with van der Waals surface area (Å²) in [6.07, 6.45) is -1.78. The fourth-order valence-electron chi connectivity index (χ4n) is 0.911. The molecule has 1 aromatic rings. The Labute approximate surface area is 107 Å². The van der Waals surface area contributed by atoms with Crippen LogP contribution in [-0.2, 0) is 14.8 Å².